The first-order valence-electron chi connectivity index (χ1n) is 12.3. The molecule has 4 rings (SSSR count). The van der Waals surface area contributed by atoms with E-state index >= 15 is 0 Å². The van der Waals surface area contributed by atoms with E-state index in [-0.39, 0.29) is 42.4 Å². The van der Waals surface area contributed by atoms with Crippen molar-refractivity contribution in [1.29, 1.82) is 0 Å². The molecule has 2 aromatic rings. The summed E-state index contributed by atoms with van der Waals surface area (Å²) < 4.78 is 11.7. The first-order chi connectivity index (χ1) is 16.8. The fourth-order valence-corrected chi connectivity index (χ4v) is 4.38. The number of hydrogen-bond acceptors (Lipinski definition) is 6. The lowest BCUT2D eigenvalue weighted by Crippen LogP contribution is -2.50. The van der Waals surface area contributed by atoms with Gasteiger partial charge in [0.25, 0.3) is 5.91 Å². The molecular weight excluding hydrogens is 446 g/mol. The zero-order chi connectivity index (χ0) is 25.1. The number of likely N-dealkylation sites (N-methyl/N-ethyl adjacent to an activating group) is 1. The molecule has 8 nitrogen and oxygen atoms in total. The summed E-state index contributed by atoms with van der Waals surface area (Å²) in [5.74, 6) is 1.27. The second-order valence-corrected chi connectivity index (χ2v) is 9.85. The van der Waals surface area contributed by atoms with E-state index in [1.54, 1.807) is 36.2 Å². The van der Waals surface area contributed by atoms with Gasteiger partial charge in [-0.1, -0.05) is 19.1 Å². The van der Waals surface area contributed by atoms with Crippen molar-refractivity contribution in [2.75, 3.05) is 33.9 Å². The quantitative estimate of drug-likeness (QED) is 0.622. The van der Waals surface area contributed by atoms with E-state index in [2.05, 4.69) is 4.98 Å². The van der Waals surface area contributed by atoms with E-state index in [9.17, 15) is 14.7 Å². The molecule has 1 aliphatic heterocycles. The maximum Gasteiger partial charge on any atom is 0.259 e. The lowest BCUT2D eigenvalue weighted by Gasteiger charge is -2.37. The molecular formula is C27H35N3O5. The van der Waals surface area contributed by atoms with Gasteiger partial charge >= 0.3 is 0 Å². The van der Waals surface area contributed by atoms with Crippen molar-refractivity contribution < 1.29 is 24.2 Å². The molecule has 1 saturated carbocycles. The topological polar surface area (TPSA) is 92.2 Å². The van der Waals surface area contributed by atoms with Gasteiger partial charge < -0.3 is 24.4 Å². The largest absolute Gasteiger partial charge is 0.497 e. The fourth-order valence-electron chi connectivity index (χ4n) is 4.38. The number of aliphatic hydroxyl groups excluding tert-OH is 1. The van der Waals surface area contributed by atoms with E-state index in [0.717, 1.165) is 24.0 Å². The summed E-state index contributed by atoms with van der Waals surface area (Å²) in [6.45, 7) is 4.48. The Morgan fingerprint density at radius 3 is 2.77 bits per heavy atom. The van der Waals surface area contributed by atoms with Crippen molar-refractivity contribution in [3.63, 3.8) is 0 Å². The molecule has 0 bridgehead atoms. The van der Waals surface area contributed by atoms with Crippen LogP contribution in [0.25, 0.3) is 11.1 Å². The second-order valence-electron chi connectivity index (χ2n) is 9.85. The second kappa shape index (κ2) is 10.6. The lowest BCUT2D eigenvalue weighted by atomic mass is 9.99. The molecule has 35 heavy (non-hydrogen) atoms. The van der Waals surface area contributed by atoms with Gasteiger partial charge in [-0.2, -0.15) is 0 Å². The first-order valence-corrected chi connectivity index (χ1v) is 12.3. The molecule has 8 heteroatoms. The molecule has 1 aliphatic carbocycles. The predicted octanol–water partition coefficient (Wildman–Crippen LogP) is 3.24. The predicted molar refractivity (Wildman–Crippen MR) is 132 cm³/mol. The summed E-state index contributed by atoms with van der Waals surface area (Å²) >= 11 is 0. The highest BCUT2D eigenvalue weighted by Crippen LogP contribution is 2.34. The molecule has 0 saturated heterocycles. The van der Waals surface area contributed by atoms with Crippen LogP contribution in [0.3, 0.4) is 0 Å². The van der Waals surface area contributed by atoms with Gasteiger partial charge in [-0.3, -0.25) is 9.59 Å². The monoisotopic (exact) mass is 481 g/mol. The first kappa shape index (κ1) is 25.0. The van der Waals surface area contributed by atoms with Crippen LogP contribution in [-0.2, 0) is 4.79 Å². The Hall–Kier alpha value is -3.13. The third-order valence-corrected chi connectivity index (χ3v) is 6.96. The number of benzene rings is 1. The summed E-state index contributed by atoms with van der Waals surface area (Å²) in [6, 6.07) is 8.97. The summed E-state index contributed by atoms with van der Waals surface area (Å²) in [7, 11) is 3.41. The average molecular weight is 482 g/mol. The molecule has 2 amide bonds. The number of nitrogens with zero attached hydrogens (tertiary/aromatic N) is 3. The van der Waals surface area contributed by atoms with Crippen molar-refractivity contribution in [2.24, 2.45) is 11.8 Å². The molecule has 3 atom stereocenters. The molecule has 1 fully saturated rings. The summed E-state index contributed by atoms with van der Waals surface area (Å²) in [6.07, 6.45) is 4.16. The SMILES string of the molecule is COc1cccc(-c2cnc3c(c2)C(=O)N([C@@H](C)CO)C[C@H](C)[C@@H](CN(C)C(=O)CC2CC2)O3)c1. The van der Waals surface area contributed by atoms with E-state index in [0.29, 0.717) is 36.7 Å². The van der Waals surface area contributed by atoms with Crippen LogP contribution in [-0.4, -0.2) is 77.7 Å². The van der Waals surface area contributed by atoms with Crippen molar-refractivity contribution in [2.45, 2.75) is 45.3 Å². The van der Waals surface area contributed by atoms with Gasteiger partial charge in [-0.25, -0.2) is 4.98 Å². The highest BCUT2D eigenvalue weighted by Gasteiger charge is 2.35. The lowest BCUT2D eigenvalue weighted by molar-refractivity contribution is -0.131. The van der Waals surface area contributed by atoms with E-state index in [1.165, 1.54) is 0 Å². The van der Waals surface area contributed by atoms with Gasteiger partial charge in [0.2, 0.25) is 11.8 Å². The van der Waals surface area contributed by atoms with Crippen LogP contribution >= 0.6 is 0 Å². The molecule has 1 N–H and O–H groups in total. The third kappa shape index (κ3) is 5.75. The average Bonchev–Trinajstić information content (AvgIpc) is 3.69. The molecule has 0 radical (unpaired) electrons. The smallest absolute Gasteiger partial charge is 0.259 e. The number of aliphatic hydroxyl groups is 1. The summed E-state index contributed by atoms with van der Waals surface area (Å²) in [5.41, 5.74) is 1.97. The Balaban J connectivity index is 1.67. The maximum absolute atomic E-state index is 13.6. The number of methoxy groups -OCH3 is 1. The van der Waals surface area contributed by atoms with E-state index < -0.39 is 0 Å². The van der Waals surface area contributed by atoms with E-state index in [4.69, 9.17) is 9.47 Å². The van der Waals surface area contributed by atoms with Crippen molar-refractivity contribution in [1.82, 2.24) is 14.8 Å². The molecule has 1 aromatic heterocycles. The zero-order valence-electron chi connectivity index (χ0n) is 20.9. The molecule has 1 aromatic carbocycles. The number of aromatic nitrogens is 1. The van der Waals surface area contributed by atoms with Gasteiger partial charge in [-0.05, 0) is 49.4 Å². The summed E-state index contributed by atoms with van der Waals surface area (Å²) in [4.78, 5) is 34.2. The van der Waals surface area contributed by atoms with Gasteiger partial charge in [0, 0.05) is 37.7 Å². The minimum absolute atomic E-state index is 0.0721. The van der Waals surface area contributed by atoms with Crippen LogP contribution in [0.5, 0.6) is 11.6 Å². The Labute approximate surface area is 206 Å². The minimum Gasteiger partial charge on any atom is -0.497 e. The van der Waals surface area contributed by atoms with Gasteiger partial charge in [0.1, 0.15) is 17.4 Å². The normalized spacial score (nSPS) is 20.8. The fraction of sp³-hybridized carbons (Fsp3) is 0.519. The molecule has 2 heterocycles. The minimum atomic E-state index is -0.369. The Morgan fingerprint density at radius 2 is 2.09 bits per heavy atom. The number of hydrogen-bond donors (Lipinski definition) is 1. The van der Waals surface area contributed by atoms with Crippen LogP contribution in [0.2, 0.25) is 0 Å². The highest BCUT2D eigenvalue weighted by molar-refractivity contribution is 5.98. The van der Waals surface area contributed by atoms with Crippen LogP contribution in [0.15, 0.2) is 36.5 Å². The number of pyridine rings is 1. The van der Waals surface area contributed by atoms with Gasteiger partial charge in [0.05, 0.1) is 26.3 Å². The highest BCUT2D eigenvalue weighted by atomic mass is 16.5. The molecule has 188 valence electrons. The maximum atomic E-state index is 13.6. The van der Waals surface area contributed by atoms with Crippen LogP contribution < -0.4 is 9.47 Å². The van der Waals surface area contributed by atoms with E-state index in [1.807, 2.05) is 38.1 Å². The Bertz CT molecular complexity index is 1070. The Morgan fingerprint density at radius 1 is 1.31 bits per heavy atom. The Kier molecular flexibility index (Phi) is 7.60. The third-order valence-electron chi connectivity index (χ3n) is 6.96. The number of ether oxygens (including phenoxy) is 2. The molecule has 0 spiro atoms. The van der Waals surface area contributed by atoms with Crippen molar-refractivity contribution in [3.05, 3.63) is 42.1 Å². The molecule has 0 unspecified atom stereocenters. The number of carbonyl (C=O) groups excluding carboxylic acids is 2. The molecule has 2 aliphatic rings. The van der Waals surface area contributed by atoms with Crippen LogP contribution in [0.4, 0.5) is 0 Å². The number of amides is 2. The zero-order valence-corrected chi connectivity index (χ0v) is 20.9. The summed E-state index contributed by atoms with van der Waals surface area (Å²) in [5, 5.41) is 9.86. The standard InChI is InChI=1S/C27H35N3O5/c1-17-14-30(18(2)16-31)27(33)23-12-21(20-6-5-7-22(11-20)34-4)13-28-26(23)35-24(17)15-29(3)25(32)10-19-8-9-19/h5-7,11-13,17-19,24,31H,8-10,14-16H2,1-4H3/t17-,18-,24+/m0/s1. The number of carbonyl (C=O) groups is 2. The van der Waals surface area contributed by atoms with Gasteiger partial charge in [0.15, 0.2) is 0 Å². The van der Waals surface area contributed by atoms with Gasteiger partial charge in [-0.15, -0.1) is 0 Å². The van der Waals surface area contributed by atoms with Crippen molar-refractivity contribution in [3.8, 4) is 22.8 Å². The van der Waals surface area contributed by atoms with Crippen LogP contribution in [0, 0.1) is 11.8 Å². The number of rotatable bonds is 8. The van der Waals surface area contributed by atoms with Crippen molar-refractivity contribution >= 4 is 11.8 Å². The van der Waals surface area contributed by atoms with Crippen LogP contribution in [0.1, 0.15) is 43.5 Å². The number of fused-ring (bicyclic) bond motifs is 1.